The molecule has 0 amide bonds. The Hall–Kier alpha value is -0.110. The molecule has 0 radical (unpaired) electrons. The van der Waals surface area contributed by atoms with Gasteiger partial charge >= 0.3 is 0 Å². The van der Waals surface area contributed by atoms with Gasteiger partial charge in [-0.2, -0.15) is 0 Å². The fraction of sp³-hybridized carbons (Fsp3) is 0.900. The summed E-state index contributed by atoms with van der Waals surface area (Å²) < 4.78 is 0. The molecule has 0 aromatic carbocycles. The normalized spacial score (nSPS) is 12.8. The van der Waals surface area contributed by atoms with E-state index < -0.39 is 0 Å². The summed E-state index contributed by atoms with van der Waals surface area (Å²) in [4.78, 5) is 2.21. The third-order valence-corrected chi connectivity index (χ3v) is 3.28. The lowest BCUT2D eigenvalue weighted by atomic mass is 9.75. The van der Waals surface area contributed by atoms with Crippen LogP contribution in [-0.4, -0.2) is 22.5 Å². The molecule has 0 fully saturated rings. The van der Waals surface area contributed by atoms with E-state index in [0.29, 0.717) is 0 Å². The minimum Gasteiger partial charge on any atom is -0.363 e. The summed E-state index contributed by atoms with van der Waals surface area (Å²) in [7, 11) is 0. The van der Waals surface area contributed by atoms with Gasteiger partial charge in [0.2, 0.25) is 0 Å². The molecule has 0 aromatic rings. The van der Waals surface area contributed by atoms with Gasteiger partial charge in [-0.15, -0.1) is 0 Å². The summed E-state index contributed by atoms with van der Waals surface area (Å²) in [5.41, 5.74) is 2.15. The minimum absolute atomic E-state index is 0.128. The molecule has 12 heavy (non-hydrogen) atoms. The van der Waals surface area contributed by atoms with Crippen molar-refractivity contribution in [2.24, 2.45) is 5.41 Å². The summed E-state index contributed by atoms with van der Waals surface area (Å²) in [5, 5.41) is 0. The number of thiocarbonyl (C=S) groups is 1. The van der Waals surface area contributed by atoms with Gasteiger partial charge in [0, 0.05) is 12.1 Å². The number of nitrogens with zero attached hydrogens (tertiary/aromatic N) is 1. The zero-order valence-electron chi connectivity index (χ0n) is 9.14. The molecule has 0 atom stereocenters. The standard InChI is InChI=1S/C10H21NS/c1-7-11(8-12)10(5,6)9(2,3)4/h8H,7H2,1-6H3. The van der Waals surface area contributed by atoms with Gasteiger partial charge in [0.1, 0.15) is 0 Å². The van der Waals surface area contributed by atoms with E-state index in [9.17, 15) is 0 Å². The first-order chi connectivity index (χ1) is 5.27. The minimum atomic E-state index is 0.128. The Labute approximate surface area is 82.1 Å². The highest BCUT2D eigenvalue weighted by Crippen LogP contribution is 2.34. The maximum absolute atomic E-state index is 4.99. The van der Waals surface area contributed by atoms with E-state index in [0.717, 1.165) is 6.54 Å². The number of rotatable bonds is 3. The molecule has 72 valence electrons. The van der Waals surface area contributed by atoms with Gasteiger partial charge in [0.25, 0.3) is 0 Å². The Balaban J connectivity index is 4.69. The zero-order chi connectivity index (χ0) is 9.99. The molecule has 0 aliphatic rings. The quantitative estimate of drug-likeness (QED) is 0.625. The SMILES string of the molecule is CCN(C=S)C(C)(C)C(C)(C)C. The van der Waals surface area contributed by atoms with Crippen LogP contribution in [-0.2, 0) is 0 Å². The molecular weight excluding hydrogens is 166 g/mol. The maximum atomic E-state index is 4.99. The topological polar surface area (TPSA) is 3.24 Å². The van der Waals surface area contributed by atoms with Crippen LogP contribution in [0, 0.1) is 5.41 Å². The first-order valence-electron chi connectivity index (χ1n) is 4.49. The van der Waals surface area contributed by atoms with Crippen LogP contribution in [0.5, 0.6) is 0 Å². The largest absolute Gasteiger partial charge is 0.363 e. The van der Waals surface area contributed by atoms with Crippen molar-refractivity contribution >= 4 is 17.7 Å². The van der Waals surface area contributed by atoms with Crippen LogP contribution in [0.4, 0.5) is 0 Å². The predicted octanol–water partition coefficient (Wildman–Crippen LogP) is 3.09. The molecule has 0 spiro atoms. The lowest BCUT2D eigenvalue weighted by Crippen LogP contribution is -2.51. The third kappa shape index (κ3) is 2.19. The van der Waals surface area contributed by atoms with Gasteiger partial charge in [-0.25, -0.2) is 0 Å². The fourth-order valence-electron chi connectivity index (χ4n) is 1.03. The third-order valence-electron chi connectivity index (χ3n) is 3.02. The highest BCUT2D eigenvalue weighted by Gasteiger charge is 2.36. The van der Waals surface area contributed by atoms with E-state index in [1.54, 1.807) is 5.49 Å². The van der Waals surface area contributed by atoms with E-state index in [-0.39, 0.29) is 11.0 Å². The first kappa shape index (κ1) is 11.9. The van der Waals surface area contributed by atoms with Crippen molar-refractivity contribution in [1.82, 2.24) is 4.90 Å². The molecule has 1 nitrogen and oxygen atoms in total. The van der Waals surface area contributed by atoms with Crippen LogP contribution in [0.2, 0.25) is 0 Å². The van der Waals surface area contributed by atoms with Crippen molar-refractivity contribution in [3.8, 4) is 0 Å². The highest BCUT2D eigenvalue weighted by molar-refractivity contribution is 7.78. The molecule has 0 aromatic heterocycles. The molecule has 0 aliphatic heterocycles. The van der Waals surface area contributed by atoms with E-state index in [2.05, 4.69) is 46.4 Å². The lowest BCUT2D eigenvalue weighted by molar-refractivity contribution is 0.0892. The molecule has 0 saturated carbocycles. The molecule has 2 heteroatoms. The van der Waals surface area contributed by atoms with Crippen molar-refractivity contribution in [3.63, 3.8) is 0 Å². The van der Waals surface area contributed by atoms with Crippen LogP contribution in [0.3, 0.4) is 0 Å². The first-order valence-corrected chi connectivity index (χ1v) is 4.96. The molecule has 0 saturated heterocycles. The lowest BCUT2D eigenvalue weighted by Gasteiger charge is -2.46. The monoisotopic (exact) mass is 187 g/mol. The summed E-state index contributed by atoms with van der Waals surface area (Å²) in [6.45, 7) is 14.3. The van der Waals surface area contributed by atoms with Crippen LogP contribution < -0.4 is 0 Å². The Morgan fingerprint density at radius 2 is 1.58 bits per heavy atom. The van der Waals surface area contributed by atoms with Gasteiger partial charge in [0.05, 0.1) is 5.49 Å². The molecule has 0 rings (SSSR count). The van der Waals surface area contributed by atoms with E-state index >= 15 is 0 Å². The van der Waals surface area contributed by atoms with Crippen molar-refractivity contribution < 1.29 is 0 Å². The van der Waals surface area contributed by atoms with Gasteiger partial charge < -0.3 is 4.90 Å². The Kier molecular flexibility index (Phi) is 3.70. The predicted molar refractivity (Wildman–Crippen MR) is 59.6 cm³/mol. The van der Waals surface area contributed by atoms with Crippen LogP contribution in [0.15, 0.2) is 0 Å². The second-order valence-electron chi connectivity index (χ2n) is 4.70. The summed E-state index contributed by atoms with van der Waals surface area (Å²) in [6.07, 6.45) is 0. The average molecular weight is 187 g/mol. The number of hydrogen-bond acceptors (Lipinski definition) is 1. The average Bonchev–Trinajstić information content (AvgIpc) is 1.87. The van der Waals surface area contributed by atoms with Gasteiger partial charge in [-0.3, -0.25) is 0 Å². The van der Waals surface area contributed by atoms with Crippen molar-refractivity contribution in [3.05, 3.63) is 0 Å². The van der Waals surface area contributed by atoms with Crippen molar-refractivity contribution in [2.45, 2.75) is 47.1 Å². The summed E-state index contributed by atoms with van der Waals surface area (Å²) >= 11 is 4.99. The molecule has 0 unspecified atom stereocenters. The van der Waals surface area contributed by atoms with Gasteiger partial charge in [0.15, 0.2) is 0 Å². The molecule has 0 bridgehead atoms. The van der Waals surface area contributed by atoms with E-state index in [1.165, 1.54) is 0 Å². The molecule has 0 N–H and O–H groups in total. The fourth-order valence-corrected chi connectivity index (χ4v) is 1.44. The van der Waals surface area contributed by atoms with Crippen LogP contribution >= 0.6 is 12.2 Å². The molecule has 0 aliphatic carbocycles. The Bertz CT molecular complexity index is 156. The molecular formula is C10H21NS. The van der Waals surface area contributed by atoms with Crippen LogP contribution in [0.1, 0.15) is 41.5 Å². The highest BCUT2D eigenvalue weighted by atomic mass is 32.1. The summed E-state index contributed by atoms with van der Waals surface area (Å²) in [6, 6.07) is 0. The Morgan fingerprint density at radius 3 is 1.67 bits per heavy atom. The summed E-state index contributed by atoms with van der Waals surface area (Å²) in [5.74, 6) is 0. The smallest absolute Gasteiger partial charge is 0.0645 e. The van der Waals surface area contributed by atoms with Crippen molar-refractivity contribution in [1.29, 1.82) is 0 Å². The zero-order valence-corrected chi connectivity index (χ0v) is 9.96. The van der Waals surface area contributed by atoms with E-state index in [1.807, 2.05) is 0 Å². The second-order valence-corrected chi connectivity index (χ2v) is 4.91. The maximum Gasteiger partial charge on any atom is 0.0645 e. The van der Waals surface area contributed by atoms with E-state index in [4.69, 9.17) is 12.2 Å². The van der Waals surface area contributed by atoms with Crippen LogP contribution in [0.25, 0.3) is 0 Å². The van der Waals surface area contributed by atoms with Gasteiger partial charge in [-0.05, 0) is 26.2 Å². The molecule has 0 heterocycles. The second kappa shape index (κ2) is 3.73. The van der Waals surface area contributed by atoms with Gasteiger partial charge in [-0.1, -0.05) is 33.0 Å². The number of hydrogen-bond donors (Lipinski definition) is 0. The van der Waals surface area contributed by atoms with Crippen molar-refractivity contribution in [2.75, 3.05) is 6.54 Å². The Morgan fingerprint density at radius 1 is 1.17 bits per heavy atom.